The van der Waals surface area contributed by atoms with Crippen molar-refractivity contribution in [1.29, 1.82) is 0 Å². The lowest BCUT2D eigenvalue weighted by Crippen LogP contribution is -2.46. The number of aromatic nitrogens is 2. The van der Waals surface area contributed by atoms with Crippen LogP contribution < -0.4 is 16.0 Å². The molecule has 11 heteroatoms. The molecule has 47 heavy (non-hydrogen) atoms. The van der Waals surface area contributed by atoms with Crippen molar-refractivity contribution in [3.05, 3.63) is 113 Å². The Bertz CT molecular complexity index is 1950. The van der Waals surface area contributed by atoms with E-state index < -0.39 is 11.9 Å². The SMILES string of the molecule is CCCC(C(=O)NC=O)N1Cc2cc(C(=O)NCc3ccc(CNC(=O)Cn4c5ccccc5c5cccnc54)cc3)ccc2C1=O. The highest BCUT2D eigenvalue weighted by Gasteiger charge is 2.36. The molecule has 0 radical (unpaired) electrons. The lowest BCUT2D eigenvalue weighted by atomic mass is 10.1. The maximum atomic E-state index is 13.0. The molecule has 238 valence electrons. The van der Waals surface area contributed by atoms with Crippen molar-refractivity contribution in [2.45, 2.75) is 52.0 Å². The van der Waals surface area contributed by atoms with Crippen LogP contribution in [0.3, 0.4) is 0 Å². The standard InChI is InChI=1S/C36H34N6O5/c1-2-6-31(35(46)40-22-43)42-20-26-17-25(14-15-27(26)36(42)47)34(45)39-19-24-12-10-23(11-13-24)18-38-32(44)21-41-30-9-4-3-7-28(30)29-8-5-16-37-33(29)41/h3-5,7-17,22,31H,2,6,18-21H2,1H3,(H,38,44)(H,39,45)(H,40,43,46). The van der Waals surface area contributed by atoms with Crippen LogP contribution in [0.2, 0.25) is 0 Å². The summed E-state index contributed by atoms with van der Waals surface area (Å²) >= 11 is 0. The number of carbonyl (C=O) groups is 5. The smallest absolute Gasteiger partial charge is 0.255 e. The van der Waals surface area contributed by atoms with Gasteiger partial charge in [0.15, 0.2) is 0 Å². The van der Waals surface area contributed by atoms with E-state index in [1.54, 1.807) is 24.4 Å². The molecule has 3 aromatic carbocycles. The molecule has 0 saturated carbocycles. The molecule has 0 saturated heterocycles. The Morgan fingerprint density at radius 3 is 2.38 bits per heavy atom. The summed E-state index contributed by atoms with van der Waals surface area (Å²) < 4.78 is 1.93. The van der Waals surface area contributed by atoms with E-state index in [-0.39, 0.29) is 30.8 Å². The lowest BCUT2D eigenvalue weighted by Gasteiger charge is -2.25. The second-order valence-corrected chi connectivity index (χ2v) is 11.5. The third kappa shape index (κ3) is 6.46. The molecule has 1 unspecified atom stereocenters. The molecular formula is C36H34N6O5. The number of hydrogen-bond donors (Lipinski definition) is 3. The van der Waals surface area contributed by atoms with Crippen molar-refractivity contribution < 1.29 is 24.0 Å². The van der Waals surface area contributed by atoms with Crippen molar-refractivity contribution in [2.75, 3.05) is 0 Å². The topological polar surface area (TPSA) is 143 Å². The van der Waals surface area contributed by atoms with E-state index in [1.807, 2.05) is 72.2 Å². The number of pyridine rings is 1. The summed E-state index contributed by atoms with van der Waals surface area (Å²) in [7, 11) is 0. The van der Waals surface area contributed by atoms with Crippen LogP contribution in [-0.2, 0) is 40.6 Å². The fourth-order valence-corrected chi connectivity index (χ4v) is 6.09. The molecule has 3 N–H and O–H groups in total. The third-order valence-corrected chi connectivity index (χ3v) is 8.44. The Kier molecular flexibility index (Phi) is 9.05. The molecule has 1 aliphatic heterocycles. The Labute approximate surface area is 271 Å². The predicted molar refractivity (Wildman–Crippen MR) is 176 cm³/mol. The first-order valence-corrected chi connectivity index (χ1v) is 15.5. The van der Waals surface area contributed by atoms with E-state index in [4.69, 9.17) is 0 Å². The molecule has 1 atom stereocenters. The van der Waals surface area contributed by atoms with E-state index >= 15 is 0 Å². The van der Waals surface area contributed by atoms with Gasteiger partial charge in [-0.3, -0.25) is 29.3 Å². The summed E-state index contributed by atoms with van der Waals surface area (Å²) in [5, 5.41) is 10.1. The number of hydrogen-bond acceptors (Lipinski definition) is 6. The van der Waals surface area contributed by atoms with Crippen LogP contribution in [0.5, 0.6) is 0 Å². The minimum absolute atomic E-state index is 0.126. The molecule has 5 amide bonds. The summed E-state index contributed by atoms with van der Waals surface area (Å²) in [6.07, 6.45) is 3.12. The Morgan fingerprint density at radius 2 is 1.64 bits per heavy atom. The van der Waals surface area contributed by atoms with Gasteiger partial charge >= 0.3 is 0 Å². The largest absolute Gasteiger partial charge is 0.350 e. The second kappa shape index (κ2) is 13.7. The van der Waals surface area contributed by atoms with E-state index in [1.165, 1.54) is 4.90 Å². The van der Waals surface area contributed by atoms with Crippen LogP contribution in [0.15, 0.2) is 85.1 Å². The quantitative estimate of drug-likeness (QED) is 0.179. The van der Waals surface area contributed by atoms with Gasteiger partial charge in [-0.15, -0.1) is 0 Å². The first-order chi connectivity index (χ1) is 22.9. The number of nitrogens with one attached hydrogen (secondary N) is 3. The maximum absolute atomic E-state index is 13.0. The van der Waals surface area contributed by atoms with Crippen LogP contribution >= 0.6 is 0 Å². The fraction of sp³-hybridized carbons (Fsp3) is 0.222. The van der Waals surface area contributed by atoms with Gasteiger partial charge in [-0.2, -0.15) is 0 Å². The molecule has 3 heterocycles. The Morgan fingerprint density at radius 1 is 0.915 bits per heavy atom. The van der Waals surface area contributed by atoms with Crippen molar-refractivity contribution in [2.24, 2.45) is 0 Å². The van der Waals surface area contributed by atoms with E-state index in [9.17, 15) is 24.0 Å². The molecule has 6 rings (SSSR count). The van der Waals surface area contributed by atoms with Gasteiger partial charge in [0.1, 0.15) is 18.2 Å². The fourth-order valence-electron chi connectivity index (χ4n) is 6.09. The van der Waals surface area contributed by atoms with Gasteiger partial charge in [-0.05, 0) is 59.5 Å². The molecule has 11 nitrogen and oxygen atoms in total. The van der Waals surface area contributed by atoms with Crippen LogP contribution in [0, 0.1) is 0 Å². The van der Waals surface area contributed by atoms with Gasteiger partial charge < -0.3 is 20.1 Å². The first-order valence-electron chi connectivity index (χ1n) is 15.5. The average molecular weight is 631 g/mol. The van der Waals surface area contributed by atoms with Crippen molar-refractivity contribution >= 4 is 52.0 Å². The van der Waals surface area contributed by atoms with Gasteiger partial charge in [-0.1, -0.05) is 55.8 Å². The van der Waals surface area contributed by atoms with Gasteiger partial charge in [-0.25, -0.2) is 4.98 Å². The molecule has 5 aromatic rings. The van der Waals surface area contributed by atoms with Crippen molar-refractivity contribution in [3.8, 4) is 0 Å². The van der Waals surface area contributed by atoms with Gasteiger partial charge in [0, 0.05) is 47.7 Å². The third-order valence-electron chi connectivity index (χ3n) is 8.44. The average Bonchev–Trinajstić information content (AvgIpc) is 3.59. The minimum Gasteiger partial charge on any atom is -0.350 e. The minimum atomic E-state index is -0.768. The van der Waals surface area contributed by atoms with E-state index in [2.05, 4.69) is 20.9 Å². The van der Waals surface area contributed by atoms with Gasteiger partial charge in [0.05, 0.1) is 5.52 Å². The number of amides is 5. The monoisotopic (exact) mass is 630 g/mol. The van der Waals surface area contributed by atoms with Crippen molar-refractivity contribution in [3.63, 3.8) is 0 Å². The van der Waals surface area contributed by atoms with Crippen LogP contribution in [0.4, 0.5) is 0 Å². The predicted octanol–water partition coefficient (Wildman–Crippen LogP) is 3.83. The summed E-state index contributed by atoms with van der Waals surface area (Å²) in [6, 6.07) is 23.6. The number of imide groups is 1. The molecule has 0 aliphatic carbocycles. The number of nitrogens with zero attached hydrogens (tertiary/aromatic N) is 3. The molecular weight excluding hydrogens is 596 g/mol. The number of fused-ring (bicyclic) bond motifs is 4. The highest BCUT2D eigenvalue weighted by atomic mass is 16.2. The maximum Gasteiger partial charge on any atom is 0.255 e. The van der Waals surface area contributed by atoms with Gasteiger partial charge in [0.25, 0.3) is 11.8 Å². The number of carbonyl (C=O) groups excluding carboxylic acids is 5. The molecule has 0 spiro atoms. The van der Waals surface area contributed by atoms with Gasteiger partial charge in [0.2, 0.25) is 18.2 Å². The van der Waals surface area contributed by atoms with E-state index in [0.717, 1.165) is 33.1 Å². The van der Waals surface area contributed by atoms with E-state index in [0.29, 0.717) is 49.0 Å². The lowest BCUT2D eigenvalue weighted by molar-refractivity contribution is -0.129. The molecule has 1 aliphatic rings. The normalized spacial score (nSPS) is 13.0. The zero-order chi connectivity index (χ0) is 32.9. The number of para-hydroxylation sites is 1. The highest BCUT2D eigenvalue weighted by molar-refractivity contribution is 6.07. The van der Waals surface area contributed by atoms with Crippen LogP contribution in [-0.4, -0.2) is 50.5 Å². The van der Waals surface area contributed by atoms with Crippen LogP contribution in [0.25, 0.3) is 21.9 Å². The highest BCUT2D eigenvalue weighted by Crippen LogP contribution is 2.28. The second-order valence-electron chi connectivity index (χ2n) is 11.5. The Hall–Kier alpha value is -5.84. The number of benzene rings is 3. The Balaban J connectivity index is 1.02. The zero-order valence-electron chi connectivity index (χ0n) is 25.9. The summed E-state index contributed by atoms with van der Waals surface area (Å²) in [5.41, 5.74) is 5.03. The molecule has 2 aromatic heterocycles. The summed E-state index contributed by atoms with van der Waals surface area (Å²) in [4.78, 5) is 68.1. The first kappa shape index (κ1) is 31.2. The summed E-state index contributed by atoms with van der Waals surface area (Å²) in [5.74, 6) is -1.24. The number of rotatable bonds is 12. The van der Waals surface area contributed by atoms with Crippen molar-refractivity contribution in [1.82, 2.24) is 30.4 Å². The molecule has 0 bridgehead atoms. The molecule has 0 fully saturated rings. The zero-order valence-corrected chi connectivity index (χ0v) is 25.9. The summed E-state index contributed by atoms with van der Waals surface area (Å²) in [6.45, 7) is 2.88. The van der Waals surface area contributed by atoms with Crippen LogP contribution in [0.1, 0.15) is 57.2 Å².